The number of aromatic nitrogens is 5. The first-order chi connectivity index (χ1) is 11.1. The van der Waals surface area contributed by atoms with Gasteiger partial charge in [0, 0.05) is 12.5 Å². The monoisotopic (exact) mass is 349 g/mol. The molecule has 0 fully saturated rings. The van der Waals surface area contributed by atoms with E-state index in [9.17, 15) is 18.3 Å². The summed E-state index contributed by atoms with van der Waals surface area (Å²) in [4.78, 5) is 24.0. The highest BCUT2D eigenvalue weighted by molar-refractivity contribution is 7.90. The molecule has 0 unspecified atom stereocenters. The summed E-state index contributed by atoms with van der Waals surface area (Å²) >= 11 is 0. The van der Waals surface area contributed by atoms with Gasteiger partial charge in [0.05, 0.1) is 5.69 Å². The van der Waals surface area contributed by atoms with Gasteiger partial charge in [-0.2, -0.15) is 4.98 Å². The highest BCUT2D eigenvalue weighted by Crippen LogP contribution is 2.19. The molecule has 0 aliphatic rings. The van der Waals surface area contributed by atoms with Gasteiger partial charge in [0.25, 0.3) is 5.56 Å². The standard InChI is InChI=1S/C14H15N5O4S/c1-14(2,21)9-5-4-6-10(16-9)19-11-8(12(20)18-19)7-15-13(17-11)24(3,22)23/h4-7,21H,1-3H3,(H,18,20). The summed E-state index contributed by atoms with van der Waals surface area (Å²) in [6, 6.07) is 4.91. The second-order valence-corrected chi connectivity index (χ2v) is 7.79. The van der Waals surface area contributed by atoms with Crippen LogP contribution in [0.3, 0.4) is 0 Å². The Hall–Kier alpha value is -2.59. The summed E-state index contributed by atoms with van der Waals surface area (Å²) in [5, 5.41) is 12.4. The number of hydrogen-bond donors (Lipinski definition) is 2. The quantitative estimate of drug-likeness (QED) is 0.643. The lowest BCUT2D eigenvalue weighted by atomic mass is 10.1. The van der Waals surface area contributed by atoms with Crippen molar-refractivity contribution in [3.63, 3.8) is 0 Å². The van der Waals surface area contributed by atoms with Gasteiger partial charge in [-0.3, -0.25) is 9.89 Å². The Bertz CT molecular complexity index is 1090. The molecule has 3 heterocycles. The van der Waals surface area contributed by atoms with Gasteiger partial charge in [0.2, 0.25) is 15.0 Å². The molecular weight excluding hydrogens is 334 g/mol. The molecule has 0 saturated heterocycles. The van der Waals surface area contributed by atoms with Crippen molar-refractivity contribution in [1.82, 2.24) is 24.7 Å². The maximum absolute atomic E-state index is 12.0. The molecule has 0 spiro atoms. The number of sulfone groups is 1. The number of nitrogens with one attached hydrogen (secondary N) is 1. The van der Waals surface area contributed by atoms with Gasteiger partial charge < -0.3 is 5.11 Å². The molecule has 0 amide bonds. The molecule has 3 rings (SSSR count). The van der Waals surface area contributed by atoms with Crippen molar-refractivity contribution in [3.05, 3.63) is 40.4 Å². The minimum atomic E-state index is -3.63. The number of hydrogen-bond acceptors (Lipinski definition) is 7. The van der Waals surface area contributed by atoms with Crippen LogP contribution in [-0.2, 0) is 15.4 Å². The summed E-state index contributed by atoms with van der Waals surface area (Å²) in [5.74, 6) is 0.292. The molecule has 0 bridgehead atoms. The van der Waals surface area contributed by atoms with Gasteiger partial charge in [-0.25, -0.2) is 23.1 Å². The molecule has 0 radical (unpaired) electrons. The minimum Gasteiger partial charge on any atom is -0.384 e. The van der Waals surface area contributed by atoms with Crippen LogP contribution in [0, 0.1) is 0 Å². The first-order valence-electron chi connectivity index (χ1n) is 6.95. The number of aromatic amines is 1. The zero-order chi connectivity index (χ0) is 17.7. The summed E-state index contributed by atoms with van der Waals surface area (Å²) in [6.07, 6.45) is 2.14. The topological polar surface area (TPSA) is 131 Å². The van der Waals surface area contributed by atoms with E-state index in [1.165, 1.54) is 4.68 Å². The average Bonchev–Trinajstić information content (AvgIpc) is 2.82. The fourth-order valence-corrected chi connectivity index (χ4v) is 2.63. The number of fused-ring (bicyclic) bond motifs is 1. The van der Waals surface area contributed by atoms with Crippen LogP contribution in [0.2, 0.25) is 0 Å². The van der Waals surface area contributed by atoms with Crippen molar-refractivity contribution >= 4 is 20.9 Å². The van der Waals surface area contributed by atoms with Crippen LogP contribution in [-0.4, -0.2) is 44.5 Å². The molecule has 2 N–H and O–H groups in total. The number of nitrogens with zero attached hydrogens (tertiary/aromatic N) is 4. The van der Waals surface area contributed by atoms with Crippen LogP contribution in [0.15, 0.2) is 34.3 Å². The van der Waals surface area contributed by atoms with E-state index in [-0.39, 0.29) is 16.2 Å². The highest BCUT2D eigenvalue weighted by atomic mass is 32.2. The second-order valence-electron chi connectivity index (χ2n) is 5.88. The van der Waals surface area contributed by atoms with E-state index in [4.69, 9.17) is 0 Å². The number of rotatable bonds is 3. The van der Waals surface area contributed by atoms with Crippen molar-refractivity contribution in [2.75, 3.05) is 6.26 Å². The lowest BCUT2D eigenvalue weighted by Gasteiger charge is -2.17. The molecule has 9 nitrogen and oxygen atoms in total. The van der Waals surface area contributed by atoms with Gasteiger partial charge in [-0.15, -0.1) is 0 Å². The minimum absolute atomic E-state index is 0.0934. The van der Waals surface area contributed by atoms with Gasteiger partial charge in [-0.05, 0) is 26.0 Å². The van der Waals surface area contributed by atoms with Crippen LogP contribution in [0.25, 0.3) is 16.9 Å². The van der Waals surface area contributed by atoms with Crippen LogP contribution in [0.4, 0.5) is 0 Å². The van der Waals surface area contributed by atoms with Gasteiger partial charge >= 0.3 is 0 Å². The molecule has 0 aromatic carbocycles. The Morgan fingerprint density at radius 3 is 2.58 bits per heavy atom. The van der Waals surface area contributed by atoms with Gasteiger partial charge in [0.15, 0.2) is 11.5 Å². The SMILES string of the molecule is CC(C)(O)c1cccc(-n2[nH]c(=O)c3cnc(S(C)(=O)=O)nc32)n1. The van der Waals surface area contributed by atoms with E-state index in [2.05, 4.69) is 20.1 Å². The molecule has 3 aromatic rings. The Kier molecular flexibility index (Phi) is 3.53. The maximum Gasteiger partial charge on any atom is 0.275 e. The predicted octanol–water partition coefficient (Wildman–Crippen LogP) is 0.135. The zero-order valence-corrected chi connectivity index (χ0v) is 14.0. The van der Waals surface area contributed by atoms with E-state index < -0.39 is 21.0 Å². The highest BCUT2D eigenvalue weighted by Gasteiger charge is 2.20. The number of H-pyrrole nitrogens is 1. The second kappa shape index (κ2) is 5.21. The van der Waals surface area contributed by atoms with Crippen molar-refractivity contribution in [2.45, 2.75) is 24.6 Å². The van der Waals surface area contributed by atoms with E-state index in [1.54, 1.807) is 32.0 Å². The Morgan fingerprint density at radius 1 is 1.25 bits per heavy atom. The van der Waals surface area contributed by atoms with Crippen LogP contribution >= 0.6 is 0 Å². The maximum atomic E-state index is 12.0. The van der Waals surface area contributed by atoms with E-state index >= 15 is 0 Å². The summed E-state index contributed by atoms with van der Waals surface area (Å²) in [5.41, 5.74) is -1.16. The zero-order valence-electron chi connectivity index (χ0n) is 13.2. The normalized spacial score (nSPS) is 12.7. The molecule has 0 aliphatic carbocycles. The third-order valence-corrected chi connectivity index (χ3v) is 4.20. The Balaban J connectivity index is 2.29. The molecule has 0 atom stereocenters. The molecule has 3 aromatic heterocycles. The number of aliphatic hydroxyl groups is 1. The lowest BCUT2D eigenvalue weighted by molar-refractivity contribution is 0.0738. The molecule has 0 saturated carbocycles. The summed E-state index contributed by atoms with van der Waals surface area (Å²) in [7, 11) is -3.63. The first kappa shape index (κ1) is 16.3. The van der Waals surface area contributed by atoms with E-state index in [1.807, 2.05) is 0 Å². The van der Waals surface area contributed by atoms with Crippen LogP contribution < -0.4 is 5.56 Å². The third kappa shape index (κ3) is 2.81. The molecule has 126 valence electrons. The molecule has 0 aliphatic heterocycles. The third-order valence-electron chi connectivity index (χ3n) is 3.34. The van der Waals surface area contributed by atoms with Crippen molar-refractivity contribution in [1.29, 1.82) is 0 Å². The molecule has 10 heteroatoms. The van der Waals surface area contributed by atoms with Crippen molar-refractivity contribution in [2.24, 2.45) is 0 Å². The lowest BCUT2D eigenvalue weighted by Crippen LogP contribution is -2.18. The van der Waals surface area contributed by atoms with E-state index in [0.717, 1.165) is 12.5 Å². The van der Waals surface area contributed by atoms with Crippen molar-refractivity contribution in [3.8, 4) is 5.82 Å². The fourth-order valence-electron chi connectivity index (χ4n) is 2.14. The van der Waals surface area contributed by atoms with Gasteiger partial charge in [0.1, 0.15) is 11.0 Å². The van der Waals surface area contributed by atoms with Crippen LogP contribution in [0.5, 0.6) is 0 Å². The Labute approximate surface area is 136 Å². The number of pyridine rings is 1. The van der Waals surface area contributed by atoms with E-state index in [0.29, 0.717) is 11.5 Å². The van der Waals surface area contributed by atoms with Crippen molar-refractivity contribution < 1.29 is 13.5 Å². The average molecular weight is 349 g/mol. The largest absolute Gasteiger partial charge is 0.384 e. The molecule has 24 heavy (non-hydrogen) atoms. The molecular formula is C14H15N5O4S. The Morgan fingerprint density at radius 2 is 1.96 bits per heavy atom. The van der Waals surface area contributed by atoms with Gasteiger partial charge in [-0.1, -0.05) is 6.07 Å². The summed E-state index contributed by atoms with van der Waals surface area (Å²) in [6.45, 7) is 3.17. The first-order valence-corrected chi connectivity index (χ1v) is 8.84. The predicted molar refractivity (Wildman–Crippen MR) is 85.6 cm³/mol. The fraction of sp³-hybridized carbons (Fsp3) is 0.286. The van der Waals surface area contributed by atoms with Crippen LogP contribution in [0.1, 0.15) is 19.5 Å². The smallest absolute Gasteiger partial charge is 0.275 e. The summed E-state index contributed by atoms with van der Waals surface area (Å²) < 4.78 is 24.6.